The maximum absolute atomic E-state index is 12.2. The number of hydrogen-bond donors (Lipinski definition) is 3. The number of anilines is 1. The summed E-state index contributed by atoms with van der Waals surface area (Å²) in [5.41, 5.74) is 5.71. The van der Waals surface area contributed by atoms with Crippen LogP contribution >= 0.6 is 0 Å². The van der Waals surface area contributed by atoms with Gasteiger partial charge in [-0.2, -0.15) is 18.3 Å². The van der Waals surface area contributed by atoms with Crippen LogP contribution in [0.2, 0.25) is 0 Å². The van der Waals surface area contributed by atoms with Gasteiger partial charge in [0.25, 0.3) is 0 Å². The highest BCUT2D eigenvalue weighted by Gasteiger charge is 2.28. The summed E-state index contributed by atoms with van der Waals surface area (Å²) < 4.78 is 37.1. The van der Waals surface area contributed by atoms with Crippen LogP contribution in [0, 0.1) is 5.92 Å². The van der Waals surface area contributed by atoms with Crippen LogP contribution in [0.3, 0.4) is 0 Å². The van der Waals surface area contributed by atoms with Crippen molar-refractivity contribution in [1.29, 1.82) is 0 Å². The lowest BCUT2D eigenvalue weighted by molar-refractivity contribution is -0.142. The van der Waals surface area contributed by atoms with E-state index in [9.17, 15) is 22.8 Å². The van der Waals surface area contributed by atoms with Crippen molar-refractivity contribution in [2.24, 2.45) is 11.7 Å². The molecule has 0 saturated carbocycles. The van der Waals surface area contributed by atoms with Crippen LogP contribution in [0.25, 0.3) is 0 Å². The van der Waals surface area contributed by atoms with Gasteiger partial charge in [0, 0.05) is 6.20 Å². The number of nitrogens with zero attached hydrogens (tertiary/aromatic N) is 2. The number of carbonyl (C=O) groups is 2. The van der Waals surface area contributed by atoms with Crippen LogP contribution in [-0.2, 0) is 16.1 Å². The Bertz CT molecular complexity index is 527. The number of nitrogens with two attached hydrogens (primary N) is 1. The van der Waals surface area contributed by atoms with Gasteiger partial charge in [-0.15, -0.1) is 0 Å². The molecule has 10 heteroatoms. The minimum Gasteiger partial charge on any atom is -0.346 e. The highest BCUT2D eigenvalue weighted by atomic mass is 19.4. The van der Waals surface area contributed by atoms with Gasteiger partial charge in [-0.3, -0.25) is 14.3 Å². The van der Waals surface area contributed by atoms with Gasteiger partial charge in [-0.1, -0.05) is 13.8 Å². The Kier molecular flexibility index (Phi) is 5.92. The number of carbonyl (C=O) groups excluding carboxylic acids is 2. The molecule has 0 aliphatic carbocycles. The van der Waals surface area contributed by atoms with Crippen LogP contribution in [0.4, 0.5) is 18.9 Å². The molecule has 124 valence electrons. The Morgan fingerprint density at radius 3 is 2.59 bits per heavy atom. The summed E-state index contributed by atoms with van der Waals surface area (Å²) in [6, 6.07) is -0.734. The summed E-state index contributed by atoms with van der Waals surface area (Å²) in [6.07, 6.45) is -2.26. The van der Waals surface area contributed by atoms with Gasteiger partial charge in [-0.05, 0) is 5.92 Å². The third-order valence-corrected chi connectivity index (χ3v) is 2.70. The van der Waals surface area contributed by atoms with Crippen molar-refractivity contribution in [3.05, 3.63) is 12.4 Å². The minimum absolute atomic E-state index is 0.0799. The maximum atomic E-state index is 12.2. The Labute approximate surface area is 125 Å². The third kappa shape index (κ3) is 6.12. The van der Waals surface area contributed by atoms with E-state index in [-0.39, 0.29) is 18.2 Å². The predicted octanol–water partition coefficient (Wildman–Crippen LogP) is 0.483. The minimum atomic E-state index is -4.39. The lowest BCUT2D eigenvalue weighted by Crippen LogP contribution is -2.46. The van der Waals surface area contributed by atoms with Crippen molar-refractivity contribution >= 4 is 17.5 Å². The van der Waals surface area contributed by atoms with Gasteiger partial charge in [-0.25, -0.2) is 0 Å². The second kappa shape index (κ2) is 7.25. The number of nitrogens with one attached hydrogen (secondary N) is 2. The molecule has 1 aromatic rings. The maximum Gasteiger partial charge on any atom is 0.408 e. The molecule has 0 radical (unpaired) electrons. The second-order valence-corrected chi connectivity index (χ2v) is 5.08. The topological polar surface area (TPSA) is 102 Å². The number of alkyl halides is 3. The third-order valence-electron chi connectivity index (χ3n) is 2.70. The van der Waals surface area contributed by atoms with E-state index in [0.29, 0.717) is 4.68 Å². The van der Waals surface area contributed by atoms with Gasteiger partial charge in [0.1, 0.15) is 6.54 Å². The fourth-order valence-corrected chi connectivity index (χ4v) is 1.49. The average molecular weight is 321 g/mol. The first-order valence-corrected chi connectivity index (χ1v) is 6.51. The quantitative estimate of drug-likeness (QED) is 0.709. The Morgan fingerprint density at radius 2 is 2.05 bits per heavy atom. The largest absolute Gasteiger partial charge is 0.408 e. The Balaban J connectivity index is 2.44. The molecule has 0 fully saturated rings. The highest BCUT2D eigenvalue weighted by molar-refractivity contribution is 5.95. The zero-order valence-electron chi connectivity index (χ0n) is 12.1. The molecule has 0 spiro atoms. The number of amides is 2. The summed E-state index contributed by atoms with van der Waals surface area (Å²) in [6.45, 7) is 1.95. The van der Waals surface area contributed by atoms with E-state index in [4.69, 9.17) is 5.73 Å². The van der Waals surface area contributed by atoms with E-state index >= 15 is 0 Å². The summed E-state index contributed by atoms with van der Waals surface area (Å²) in [5.74, 6) is -1.14. The second-order valence-electron chi connectivity index (χ2n) is 5.08. The molecular formula is C12H18F3N5O2. The van der Waals surface area contributed by atoms with Crippen molar-refractivity contribution < 1.29 is 22.8 Å². The Hall–Kier alpha value is -2.10. The van der Waals surface area contributed by atoms with Crippen molar-refractivity contribution in [3.8, 4) is 0 Å². The van der Waals surface area contributed by atoms with E-state index < -0.39 is 30.6 Å². The molecule has 0 aliphatic heterocycles. The number of aromatic nitrogens is 2. The number of halogens is 3. The molecule has 7 nitrogen and oxygen atoms in total. The molecule has 0 saturated heterocycles. The smallest absolute Gasteiger partial charge is 0.346 e. The van der Waals surface area contributed by atoms with Crippen molar-refractivity contribution in [3.63, 3.8) is 0 Å². The van der Waals surface area contributed by atoms with E-state index in [1.165, 1.54) is 0 Å². The van der Waals surface area contributed by atoms with E-state index in [1.54, 1.807) is 13.8 Å². The molecule has 0 aromatic carbocycles. The molecule has 0 bridgehead atoms. The molecule has 1 aromatic heterocycles. The van der Waals surface area contributed by atoms with Gasteiger partial charge >= 0.3 is 6.18 Å². The van der Waals surface area contributed by atoms with E-state index in [2.05, 4.69) is 15.7 Å². The SMILES string of the molecule is CC(C)[C@H](N)C(=O)NCC(=O)Nc1cnn(CC(F)(F)F)c1. The first-order chi connectivity index (χ1) is 10.1. The van der Waals surface area contributed by atoms with Gasteiger partial charge in [0.05, 0.1) is 24.5 Å². The Morgan fingerprint density at radius 1 is 1.41 bits per heavy atom. The monoisotopic (exact) mass is 321 g/mol. The normalized spacial score (nSPS) is 13.0. The molecule has 1 atom stereocenters. The summed E-state index contributed by atoms with van der Waals surface area (Å²) >= 11 is 0. The molecular weight excluding hydrogens is 303 g/mol. The predicted molar refractivity (Wildman–Crippen MR) is 72.7 cm³/mol. The molecule has 4 N–H and O–H groups in total. The van der Waals surface area contributed by atoms with Crippen LogP contribution in [0.15, 0.2) is 12.4 Å². The fourth-order valence-electron chi connectivity index (χ4n) is 1.49. The van der Waals surface area contributed by atoms with Gasteiger partial charge < -0.3 is 16.4 Å². The standard InChI is InChI=1S/C12H18F3N5O2/c1-7(2)10(16)11(22)17-4-9(21)19-8-3-18-20(5-8)6-12(13,14)15/h3,5,7,10H,4,6,16H2,1-2H3,(H,17,22)(H,19,21)/t10-/m0/s1. The average Bonchev–Trinajstić information content (AvgIpc) is 2.79. The lowest BCUT2D eigenvalue weighted by Gasteiger charge is -2.14. The van der Waals surface area contributed by atoms with Crippen LogP contribution in [0.5, 0.6) is 0 Å². The number of rotatable bonds is 6. The van der Waals surface area contributed by atoms with Crippen LogP contribution in [-0.4, -0.2) is 40.4 Å². The summed E-state index contributed by atoms with van der Waals surface area (Å²) in [5, 5.41) is 8.15. The molecule has 22 heavy (non-hydrogen) atoms. The van der Waals surface area contributed by atoms with Crippen molar-refractivity contribution in [2.75, 3.05) is 11.9 Å². The lowest BCUT2D eigenvalue weighted by atomic mass is 10.1. The van der Waals surface area contributed by atoms with E-state index in [0.717, 1.165) is 12.4 Å². The summed E-state index contributed by atoms with van der Waals surface area (Å²) in [7, 11) is 0. The fraction of sp³-hybridized carbons (Fsp3) is 0.583. The molecule has 0 unspecified atom stereocenters. The van der Waals surface area contributed by atoms with Crippen LogP contribution in [0.1, 0.15) is 13.8 Å². The molecule has 2 amide bonds. The number of hydrogen-bond acceptors (Lipinski definition) is 4. The van der Waals surface area contributed by atoms with Crippen molar-refractivity contribution in [2.45, 2.75) is 32.6 Å². The molecule has 0 aliphatic rings. The molecule has 1 heterocycles. The van der Waals surface area contributed by atoms with Gasteiger partial charge in [0.15, 0.2) is 0 Å². The molecule has 1 rings (SSSR count). The van der Waals surface area contributed by atoms with Crippen molar-refractivity contribution in [1.82, 2.24) is 15.1 Å². The van der Waals surface area contributed by atoms with E-state index in [1.807, 2.05) is 0 Å². The highest BCUT2D eigenvalue weighted by Crippen LogP contribution is 2.17. The zero-order valence-corrected chi connectivity index (χ0v) is 12.1. The first kappa shape index (κ1) is 18.0. The zero-order chi connectivity index (χ0) is 16.9. The first-order valence-electron chi connectivity index (χ1n) is 6.51. The van der Waals surface area contributed by atoms with Gasteiger partial charge in [0.2, 0.25) is 11.8 Å². The summed E-state index contributed by atoms with van der Waals surface area (Å²) in [4.78, 5) is 23.1. The van der Waals surface area contributed by atoms with Crippen LogP contribution < -0.4 is 16.4 Å².